The van der Waals surface area contributed by atoms with Gasteiger partial charge in [-0.25, -0.2) is 0 Å². The van der Waals surface area contributed by atoms with Crippen molar-refractivity contribution in [1.29, 1.82) is 5.26 Å². The summed E-state index contributed by atoms with van der Waals surface area (Å²) in [4.78, 5) is 17.0. The molecule has 1 aliphatic heterocycles. The first-order valence-electron chi connectivity index (χ1n) is 8.80. The number of aryl methyl sites for hydroxylation is 1. The van der Waals surface area contributed by atoms with Gasteiger partial charge in [-0.2, -0.15) is 5.26 Å². The highest BCUT2D eigenvalue weighted by molar-refractivity contribution is 9.10. The van der Waals surface area contributed by atoms with E-state index in [0.29, 0.717) is 17.8 Å². The maximum Gasteiger partial charge on any atom is 0.161 e. The third kappa shape index (κ3) is 2.91. The molecule has 1 aliphatic carbocycles. The van der Waals surface area contributed by atoms with E-state index in [4.69, 9.17) is 5.73 Å². The molecule has 0 spiro atoms. The minimum atomic E-state index is -0.366. The Morgan fingerprint density at radius 1 is 1.26 bits per heavy atom. The summed E-state index contributed by atoms with van der Waals surface area (Å²) in [5.74, 6) is 0.161. The zero-order valence-electron chi connectivity index (χ0n) is 14.8. The standard InChI is InChI=1S/C21H18BrN3OS/c1-12-9-10-18(27-12)19-13(11-23)21(24)25(15-6-3-2-5-14(15)22)16-7-4-8-17(26)20(16)19/h2-3,5-6,9-10,19H,4,7-8,24H2,1H3/t19-/m0/s1. The molecule has 0 saturated carbocycles. The average molecular weight is 440 g/mol. The van der Waals surface area contributed by atoms with Crippen molar-refractivity contribution >= 4 is 38.7 Å². The van der Waals surface area contributed by atoms with Crippen LogP contribution in [0.3, 0.4) is 0 Å². The molecule has 1 aromatic carbocycles. The Kier molecular flexibility index (Phi) is 4.67. The lowest BCUT2D eigenvalue weighted by molar-refractivity contribution is -0.116. The van der Waals surface area contributed by atoms with Gasteiger partial charge in [-0.1, -0.05) is 12.1 Å². The number of para-hydroxylation sites is 1. The van der Waals surface area contributed by atoms with E-state index in [1.165, 1.54) is 0 Å². The summed E-state index contributed by atoms with van der Waals surface area (Å²) in [5.41, 5.74) is 9.49. The smallest absolute Gasteiger partial charge is 0.161 e. The van der Waals surface area contributed by atoms with Crippen LogP contribution in [0, 0.1) is 18.3 Å². The van der Waals surface area contributed by atoms with Gasteiger partial charge in [-0.15, -0.1) is 11.3 Å². The summed E-state index contributed by atoms with van der Waals surface area (Å²) in [7, 11) is 0. The second kappa shape index (κ2) is 6.99. The quantitative estimate of drug-likeness (QED) is 0.704. The Hall–Kier alpha value is -2.36. The number of hydrogen-bond donors (Lipinski definition) is 1. The van der Waals surface area contributed by atoms with Gasteiger partial charge in [0.25, 0.3) is 0 Å². The van der Waals surface area contributed by atoms with E-state index in [0.717, 1.165) is 44.0 Å². The molecule has 6 heteroatoms. The summed E-state index contributed by atoms with van der Waals surface area (Å²) in [5, 5.41) is 9.95. The Balaban J connectivity index is 1.99. The predicted octanol–water partition coefficient (Wildman–Crippen LogP) is 5.12. The number of ketones is 1. The fraction of sp³-hybridized carbons (Fsp3) is 0.238. The van der Waals surface area contributed by atoms with Gasteiger partial charge in [0.1, 0.15) is 5.82 Å². The van der Waals surface area contributed by atoms with E-state index < -0.39 is 0 Å². The fourth-order valence-electron chi connectivity index (χ4n) is 3.89. The third-order valence-corrected chi connectivity index (χ3v) is 6.79. The molecule has 1 atom stereocenters. The second-order valence-electron chi connectivity index (χ2n) is 6.72. The molecule has 0 amide bonds. The van der Waals surface area contributed by atoms with Gasteiger partial charge >= 0.3 is 0 Å². The number of carbonyl (C=O) groups is 1. The molecule has 2 heterocycles. The third-order valence-electron chi connectivity index (χ3n) is 5.05. The molecule has 2 aliphatic rings. The lowest BCUT2D eigenvalue weighted by Crippen LogP contribution is -2.38. The average Bonchev–Trinajstić information content (AvgIpc) is 3.08. The Bertz CT molecular complexity index is 1040. The van der Waals surface area contributed by atoms with Gasteiger partial charge in [0.2, 0.25) is 0 Å². The number of halogens is 1. The summed E-state index contributed by atoms with van der Waals surface area (Å²) >= 11 is 5.21. The molecule has 0 unspecified atom stereocenters. The van der Waals surface area contributed by atoms with Crippen LogP contribution in [-0.2, 0) is 4.79 Å². The highest BCUT2D eigenvalue weighted by Crippen LogP contribution is 2.48. The first-order chi connectivity index (χ1) is 13.0. The van der Waals surface area contributed by atoms with Gasteiger partial charge in [0, 0.05) is 31.9 Å². The van der Waals surface area contributed by atoms with Crippen molar-refractivity contribution in [3.8, 4) is 6.07 Å². The molecule has 0 saturated heterocycles. The number of anilines is 1. The predicted molar refractivity (Wildman–Crippen MR) is 111 cm³/mol. The van der Waals surface area contributed by atoms with Crippen LogP contribution in [0.5, 0.6) is 0 Å². The lowest BCUT2D eigenvalue weighted by atomic mass is 9.78. The second-order valence-corrected chi connectivity index (χ2v) is 8.89. The van der Waals surface area contributed by atoms with E-state index >= 15 is 0 Å². The van der Waals surface area contributed by atoms with Crippen LogP contribution in [0.15, 0.2) is 63.5 Å². The van der Waals surface area contributed by atoms with Gasteiger partial charge in [-0.3, -0.25) is 9.69 Å². The first-order valence-corrected chi connectivity index (χ1v) is 10.4. The Labute approximate surface area is 170 Å². The van der Waals surface area contributed by atoms with E-state index in [9.17, 15) is 10.1 Å². The number of benzene rings is 1. The number of rotatable bonds is 2. The molecule has 0 radical (unpaired) electrons. The van der Waals surface area contributed by atoms with Crippen LogP contribution in [-0.4, -0.2) is 5.78 Å². The molecule has 2 N–H and O–H groups in total. The number of hydrogen-bond acceptors (Lipinski definition) is 5. The van der Waals surface area contributed by atoms with Crippen molar-refractivity contribution in [2.24, 2.45) is 5.73 Å². The van der Waals surface area contributed by atoms with Crippen LogP contribution < -0.4 is 10.6 Å². The zero-order valence-corrected chi connectivity index (χ0v) is 17.2. The number of carbonyl (C=O) groups excluding carboxylic acids is 1. The normalized spacial score (nSPS) is 20.0. The van der Waals surface area contributed by atoms with Crippen LogP contribution in [0.25, 0.3) is 0 Å². The SMILES string of the molecule is Cc1ccc([C@@H]2C(C#N)=C(N)N(c3ccccc3Br)C3=C2C(=O)CCC3)s1. The molecule has 4 rings (SSSR count). The molecular weight excluding hydrogens is 422 g/mol. The summed E-state index contributed by atoms with van der Waals surface area (Å²) < 4.78 is 0.875. The minimum absolute atomic E-state index is 0.115. The van der Waals surface area contributed by atoms with Crippen molar-refractivity contribution in [2.75, 3.05) is 4.90 Å². The summed E-state index contributed by atoms with van der Waals surface area (Å²) in [6.45, 7) is 2.03. The first kappa shape index (κ1) is 18.0. The van der Waals surface area contributed by atoms with E-state index in [2.05, 4.69) is 22.0 Å². The molecule has 4 nitrogen and oxygen atoms in total. The van der Waals surface area contributed by atoms with Crippen LogP contribution in [0.1, 0.15) is 34.9 Å². The largest absolute Gasteiger partial charge is 0.384 e. The fourth-order valence-corrected chi connectivity index (χ4v) is 5.35. The highest BCUT2D eigenvalue weighted by atomic mass is 79.9. The van der Waals surface area contributed by atoms with Gasteiger partial charge in [-0.05, 0) is 60.0 Å². The Morgan fingerprint density at radius 3 is 2.70 bits per heavy atom. The highest BCUT2D eigenvalue weighted by Gasteiger charge is 2.41. The minimum Gasteiger partial charge on any atom is -0.384 e. The molecule has 1 aromatic heterocycles. The molecule has 2 aromatic rings. The van der Waals surface area contributed by atoms with Crippen LogP contribution >= 0.6 is 27.3 Å². The molecule has 27 heavy (non-hydrogen) atoms. The number of Topliss-reactive ketones (excluding diaryl/α,β-unsaturated/α-hetero) is 1. The van der Waals surface area contributed by atoms with Crippen molar-refractivity contribution in [3.05, 3.63) is 73.3 Å². The molecule has 0 fully saturated rings. The number of nitrogens with zero attached hydrogens (tertiary/aromatic N) is 2. The Morgan fingerprint density at radius 2 is 2.04 bits per heavy atom. The molecular formula is C21H18BrN3OS. The van der Waals surface area contributed by atoms with E-state index in [1.54, 1.807) is 11.3 Å². The zero-order chi connectivity index (χ0) is 19.1. The lowest BCUT2D eigenvalue weighted by Gasteiger charge is -2.39. The summed E-state index contributed by atoms with van der Waals surface area (Å²) in [6, 6.07) is 14.1. The van der Waals surface area contributed by atoms with Gasteiger partial charge in [0.05, 0.1) is 23.2 Å². The topological polar surface area (TPSA) is 70.1 Å². The molecule has 136 valence electrons. The van der Waals surface area contributed by atoms with Crippen LogP contribution in [0.4, 0.5) is 5.69 Å². The van der Waals surface area contributed by atoms with Gasteiger partial charge < -0.3 is 5.73 Å². The van der Waals surface area contributed by atoms with Crippen LogP contribution in [0.2, 0.25) is 0 Å². The van der Waals surface area contributed by atoms with Crippen molar-refractivity contribution < 1.29 is 4.79 Å². The maximum atomic E-state index is 13.0. The van der Waals surface area contributed by atoms with E-state index in [1.807, 2.05) is 48.2 Å². The number of allylic oxidation sites excluding steroid dienone is 3. The molecule has 0 bridgehead atoms. The maximum absolute atomic E-state index is 13.0. The van der Waals surface area contributed by atoms with Crippen molar-refractivity contribution in [2.45, 2.75) is 32.1 Å². The summed E-state index contributed by atoms with van der Waals surface area (Å²) in [6.07, 6.45) is 2.08. The monoisotopic (exact) mass is 439 g/mol. The van der Waals surface area contributed by atoms with Crippen molar-refractivity contribution in [1.82, 2.24) is 0 Å². The van der Waals surface area contributed by atoms with E-state index in [-0.39, 0.29) is 11.7 Å². The van der Waals surface area contributed by atoms with Gasteiger partial charge in [0.15, 0.2) is 5.78 Å². The number of nitrogens with two attached hydrogens (primary N) is 1. The van der Waals surface area contributed by atoms with Crippen molar-refractivity contribution in [3.63, 3.8) is 0 Å². The number of thiophene rings is 1. The number of nitriles is 1.